The summed E-state index contributed by atoms with van der Waals surface area (Å²) in [5.41, 5.74) is 11.1. The molecule has 0 spiro atoms. The van der Waals surface area contributed by atoms with E-state index in [0.717, 1.165) is 25.7 Å². The summed E-state index contributed by atoms with van der Waals surface area (Å²) in [6, 6.07) is 23.7. The summed E-state index contributed by atoms with van der Waals surface area (Å²) in [4.78, 5) is 0. The first-order valence-electron chi connectivity index (χ1n) is 9.61. The van der Waals surface area contributed by atoms with Crippen LogP contribution in [-0.4, -0.2) is 0 Å². The number of hydrogen-bond donors (Lipinski definition) is 0. The summed E-state index contributed by atoms with van der Waals surface area (Å²) in [6.45, 7) is 8.71. The van der Waals surface area contributed by atoms with Crippen LogP contribution in [0.2, 0.25) is 0 Å². The van der Waals surface area contributed by atoms with Gasteiger partial charge in [-0.25, -0.2) is 0 Å². The molecule has 1 heteroatoms. The maximum Gasteiger partial charge on any atom is 0 e. The first-order chi connectivity index (χ1) is 12.5. The van der Waals surface area contributed by atoms with E-state index in [0.29, 0.717) is 0 Å². The second-order valence-electron chi connectivity index (χ2n) is 7.74. The van der Waals surface area contributed by atoms with Crippen molar-refractivity contribution in [3.63, 3.8) is 0 Å². The molecule has 3 aromatic rings. The molecule has 0 saturated carbocycles. The van der Waals surface area contributed by atoms with E-state index in [-0.39, 0.29) is 32.7 Å². The van der Waals surface area contributed by atoms with Gasteiger partial charge in [0.15, 0.2) is 0 Å². The van der Waals surface area contributed by atoms with E-state index < -0.39 is 0 Å². The van der Waals surface area contributed by atoms with Gasteiger partial charge in [-0.3, -0.25) is 0 Å². The van der Waals surface area contributed by atoms with Gasteiger partial charge >= 0.3 is 0 Å². The molecule has 0 aliphatic rings. The molecule has 0 aromatic heterocycles. The molecule has 0 atom stereocenters. The quantitative estimate of drug-likeness (QED) is 0.403. The summed E-state index contributed by atoms with van der Waals surface area (Å²) in [5.74, 6) is 0. The molecule has 27 heavy (non-hydrogen) atoms. The van der Waals surface area contributed by atoms with Gasteiger partial charge in [-0.05, 0) is 51.7 Å². The second kappa shape index (κ2) is 10.3. The van der Waals surface area contributed by atoms with E-state index in [4.69, 9.17) is 0 Å². The fourth-order valence-corrected chi connectivity index (χ4v) is 3.87. The van der Waals surface area contributed by atoms with E-state index in [9.17, 15) is 0 Å². The van der Waals surface area contributed by atoms with Gasteiger partial charge in [-0.15, -0.1) is 0 Å². The monoisotopic (exact) mass is 430 g/mol. The zero-order chi connectivity index (χ0) is 18.5. The molecule has 3 aromatic carbocycles. The zero-order valence-electron chi connectivity index (χ0n) is 17.1. The minimum Gasteiger partial charge on any atom is -0.183 e. The predicted octanol–water partition coefficient (Wildman–Crippen LogP) is 6.29. The summed E-state index contributed by atoms with van der Waals surface area (Å²) >= 11 is 0. The molecule has 0 fully saturated rings. The third-order valence-corrected chi connectivity index (χ3v) is 4.88. The molecule has 0 aliphatic heterocycles. The Morgan fingerprint density at radius 1 is 0.481 bits per heavy atom. The Bertz CT molecular complexity index is 781. The molecular formula is C26H29Y-. The van der Waals surface area contributed by atoms with E-state index in [1.54, 1.807) is 0 Å². The summed E-state index contributed by atoms with van der Waals surface area (Å²) in [6.07, 6.45) is 4.35. The van der Waals surface area contributed by atoms with Crippen LogP contribution in [0.25, 0.3) is 0 Å². The number of rotatable bonds is 6. The summed E-state index contributed by atoms with van der Waals surface area (Å²) in [7, 11) is 0. The van der Waals surface area contributed by atoms with Crippen molar-refractivity contribution in [3.8, 4) is 0 Å². The second-order valence-corrected chi connectivity index (χ2v) is 7.74. The molecule has 0 N–H and O–H groups in total. The van der Waals surface area contributed by atoms with Crippen LogP contribution in [0.4, 0.5) is 0 Å². The standard InChI is InChI=1S/C26H29.Y/c1-19-12-20(2)15-25(14-19)10-8-23-6-5-7-24(18-23)9-11-26-16-21(3)13-22(4)17-26;/h6-7,12-18H,8-11H2,1-4H3;/q-1;. The van der Waals surface area contributed by atoms with Crippen LogP contribution in [0.1, 0.15) is 44.5 Å². The Labute approximate surface area is 190 Å². The van der Waals surface area contributed by atoms with Crippen molar-refractivity contribution in [1.29, 1.82) is 0 Å². The first kappa shape index (κ1) is 22.1. The van der Waals surface area contributed by atoms with Gasteiger partial charge in [0.25, 0.3) is 0 Å². The van der Waals surface area contributed by atoms with Gasteiger partial charge < -0.3 is 0 Å². The Hall–Kier alpha value is -1.24. The fraction of sp³-hybridized carbons (Fsp3) is 0.308. The average molecular weight is 430 g/mol. The van der Waals surface area contributed by atoms with E-state index in [2.05, 4.69) is 88.4 Å². The van der Waals surface area contributed by atoms with Crippen LogP contribution < -0.4 is 0 Å². The predicted molar refractivity (Wildman–Crippen MR) is 112 cm³/mol. The SMILES string of the molecule is Cc1cc(C)cc(CCc2c[c-]cc(CCc3cc(C)cc(C)c3)c2)c1.[Y]. The largest absolute Gasteiger partial charge is 0.183 e. The first-order valence-corrected chi connectivity index (χ1v) is 9.61. The van der Waals surface area contributed by atoms with Crippen molar-refractivity contribution < 1.29 is 32.7 Å². The number of benzene rings is 3. The molecule has 0 saturated heterocycles. The van der Waals surface area contributed by atoms with Gasteiger partial charge in [-0.2, -0.15) is 35.4 Å². The number of aryl methyl sites for hydroxylation is 8. The minimum absolute atomic E-state index is 0. The van der Waals surface area contributed by atoms with Gasteiger partial charge in [0, 0.05) is 32.7 Å². The molecule has 0 nitrogen and oxygen atoms in total. The van der Waals surface area contributed by atoms with Crippen LogP contribution in [0.15, 0.2) is 54.6 Å². The molecule has 3 rings (SSSR count). The van der Waals surface area contributed by atoms with E-state index >= 15 is 0 Å². The summed E-state index contributed by atoms with van der Waals surface area (Å²) < 4.78 is 0. The van der Waals surface area contributed by atoms with Crippen LogP contribution >= 0.6 is 0 Å². The maximum atomic E-state index is 3.35. The van der Waals surface area contributed by atoms with E-state index in [1.165, 1.54) is 44.5 Å². The van der Waals surface area contributed by atoms with Crippen LogP contribution in [0.5, 0.6) is 0 Å². The third-order valence-electron chi connectivity index (χ3n) is 4.88. The van der Waals surface area contributed by atoms with Crippen molar-refractivity contribution in [2.75, 3.05) is 0 Å². The molecule has 0 unspecified atom stereocenters. The number of hydrogen-bond acceptors (Lipinski definition) is 0. The minimum atomic E-state index is 0. The van der Waals surface area contributed by atoms with E-state index in [1.807, 2.05) is 0 Å². The van der Waals surface area contributed by atoms with Gasteiger partial charge in [0.05, 0.1) is 0 Å². The topological polar surface area (TPSA) is 0 Å². The van der Waals surface area contributed by atoms with Crippen molar-refractivity contribution >= 4 is 0 Å². The van der Waals surface area contributed by atoms with Gasteiger partial charge in [-0.1, -0.05) is 71.5 Å². The zero-order valence-corrected chi connectivity index (χ0v) is 19.9. The summed E-state index contributed by atoms with van der Waals surface area (Å²) in [5, 5.41) is 0. The molecule has 1 radical (unpaired) electrons. The van der Waals surface area contributed by atoms with Crippen molar-refractivity contribution in [3.05, 3.63) is 105 Å². The molecule has 0 aliphatic carbocycles. The Morgan fingerprint density at radius 3 is 1.19 bits per heavy atom. The Morgan fingerprint density at radius 2 is 0.815 bits per heavy atom. The maximum absolute atomic E-state index is 3.35. The van der Waals surface area contributed by atoms with Crippen molar-refractivity contribution in [2.24, 2.45) is 0 Å². The average Bonchev–Trinajstić information content (AvgIpc) is 2.57. The van der Waals surface area contributed by atoms with Crippen molar-refractivity contribution in [1.82, 2.24) is 0 Å². The molecule has 0 bridgehead atoms. The molecule has 137 valence electrons. The Kier molecular flexibility index (Phi) is 8.45. The fourth-order valence-electron chi connectivity index (χ4n) is 3.87. The van der Waals surface area contributed by atoms with Crippen LogP contribution in [0.3, 0.4) is 0 Å². The third kappa shape index (κ3) is 7.02. The van der Waals surface area contributed by atoms with Gasteiger partial charge in [0.2, 0.25) is 0 Å². The smallest absolute Gasteiger partial charge is 0 e. The van der Waals surface area contributed by atoms with Crippen LogP contribution in [0, 0.1) is 33.8 Å². The van der Waals surface area contributed by atoms with Crippen LogP contribution in [-0.2, 0) is 58.4 Å². The van der Waals surface area contributed by atoms with Crippen molar-refractivity contribution in [2.45, 2.75) is 53.4 Å². The molecule has 0 amide bonds. The Balaban J connectivity index is 0.00000261. The molecular weight excluding hydrogens is 401 g/mol. The molecule has 0 heterocycles. The van der Waals surface area contributed by atoms with Gasteiger partial charge in [0.1, 0.15) is 0 Å². The normalized spacial score (nSPS) is 10.5.